The lowest BCUT2D eigenvalue weighted by Crippen LogP contribution is -2.05. The molecule has 1 aromatic heterocycles. The van der Waals surface area contributed by atoms with Crippen LogP contribution in [0.5, 0.6) is 0 Å². The Labute approximate surface area is 94.2 Å². The van der Waals surface area contributed by atoms with Gasteiger partial charge in [0.1, 0.15) is 5.15 Å². The van der Waals surface area contributed by atoms with Crippen LogP contribution in [0.3, 0.4) is 0 Å². The molecule has 0 aliphatic heterocycles. The Kier molecular flexibility index (Phi) is 2.49. The molecule has 1 aliphatic rings. The first kappa shape index (κ1) is 9.93. The number of fused-ring (bicyclic) bond motifs is 1. The number of carboxylic acid groups (broad SMARTS) is 1. The number of aromatic carboxylic acids is 1. The minimum Gasteiger partial charge on any atom is -0.478 e. The molecule has 5 heteroatoms. The van der Waals surface area contributed by atoms with Gasteiger partial charge in [-0.1, -0.05) is 11.6 Å². The van der Waals surface area contributed by atoms with E-state index in [1.807, 2.05) is 0 Å². The van der Waals surface area contributed by atoms with Crippen molar-refractivity contribution in [2.45, 2.75) is 19.3 Å². The largest absolute Gasteiger partial charge is 0.478 e. The SMILES string of the molecule is O=C(O)c1c(Br)c(Cl)nc2c1CCC2. The molecule has 0 bridgehead atoms. The molecule has 14 heavy (non-hydrogen) atoms. The van der Waals surface area contributed by atoms with E-state index < -0.39 is 5.97 Å². The molecule has 0 saturated heterocycles. The normalized spacial score (nSPS) is 14.1. The highest BCUT2D eigenvalue weighted by atomic mass is 79.9. The van der Waals surface area contributed by atoms with Crippen molar-refractivity contribution < 1.29 is 9.90 Å². The van der Waals surface area contributed by atoms with Crippen LogP contribution in [0.2, 0.25) is 5.15 Å². The van der Waals surface area contributed by atoms with Crippen LogP contribution in [0.4, 0.5) is 0 Å². The standard InChI is InChI=1S/C9H7BrClNO2/c10-7-6(9(13)14)4-2-1-3-5(4)12-8(7)11/h1-3H2,(H,13,14). The van der Waals surface area contributed by atoms with E-state index in [0.717, 1.165) is 30.5 Å². The molecule has 0 amide bonds. The summed E-state index contributed by atoms with van der Waals surface area (Å²) in [6.07, 6.45) is 2.55. The van der Waals surface area contributed by atoms with Crippen LogP contribution in [-0.2, 0) is 12.8 Å². The third-order valence-corrected chi connectivity index (χ3v) is 3.61. The van der Waals surface area contributed by atoms with Crippen LogP contribution in [0.25, 0.3) is 0 Å². The molecule has 1 N–H and O–H groups in total. The van der Waals surface area contributed by atoms with Gasteiger partial charge in [-0.25, -0.2) is 9.78 Å². The predicted octanol–water partition coefficient (Wildman–Crippen LogP) is 2.68. The number of aryl methyl sites for hydroxylation is 1. The molecule has 0 atom stereocenters. The molecule has 0 aromatic carbocycles. The zero-order valence-electron chi connectivity index (χ0n) is 7.18. The molecule has 0 saturated carbocycles. The molecule has 0 fully saturated rings. The van der Waals surface area contributed by atoms with Crippen LogP contribution in [-0.4, -0.2) is 16.1 Å². The van der Waals surface area contributed by atoms with Crippen molar-refractivity contribution in [3.8, 4) is 0 Å². The number of hydrogen-bond donors (Lipinski definition) is 1. The van der Waals surface area contributed by atoms with E-state index in [1.165, 1.54) is 0 Å². The lowest BCUT2D eigenvalue weighted by molar-refractivity contribution is 0.0694. The molecule has 2 rings (SSSR count). The summed E-state index contributed by atoms with van der Waals surface area (Å²) in [4.78, 5) is 15.2. The van der Waals surface area contributed by atoms with Crippen molar-refractivity contribution in [3.63, 3.8) is 0 Å². The van der Waals surface area contributed by atoms with E-state index in [9.17, 15) is 4.79 Å². The van der Waals surface area contributed by atoms with E-state index in [-0.39, 0.29) is 10.7 Å². The number of halogens is 2. The minimum atomic E-state index is -0.945. The van der Waals surface area contributed by atoms with E-state index in [2.05, 4.69) is 20.9 Å². The Hall–Kier alpha value is -0.610. The number of carbonyl (C=O) groups is 1. The monoisotopic (exact) mass is 275 g/mol. The maximum atomic E-state index is 11.0. The van der Waals surface area contributed by atoms with Crippen molar-refractivity contribution in [2.75, 3.05) is 0 Å². The second-order valence-electron chi connectivity index (χ2n) is 3.18. The summed E-state index contributed by atoms with van der Waals surface area (Å²) in [5, 5.41) is 9.28. The van der Waals surface area contributed by atoms with Gasteiger partial charge in [-0.15, -0.1) is 0 Å². The van der Waals surface area contributed by atoms with Crippen LogP contribution in [0, 0.1) is 0 Å². The first-order valence-corrected chi connectivity index (χ1v) is 5.38. The van der Waals surface area contributed by atoms with Crippen molar-refractivity contribution in [1.82, 2.24) is 4.98 Å². The van der Waals surface area contributed by atoms with Crippen LogP contribution in [0.1, 0.15) is 28.0 Å². The first-order valence-electron chi connectivity index (χ1n) is 4.21. The molecule has 3 nitrogen and oxygen atoms in total. The van der Waals surface area contributed by atoms with E-state index in [4.69, 9.17) is 16.7 Å². The fourth-order valence-electron chi connectivity index (χ4n) is 1.75. The zero-order valence-corrected chi connectivity index (χ0v) is 9.52. The summed E-state index contributed by atoms with van der Waals surface area (Å²) < 4.78 is 0.396. The van der Waals surface area contributed by atoms with Crippen LogP contribution < -0.4 is 0 Å². The van der Waals surface area contributed by atoms with Crippen LogP contribution in [0.15, 0.2) is 4.47 Å². The third kappa shape index (κ3) is 1.42. The van der Waals surface area contributed by atoms with Crippen LogP contribution >= 0.6 is 27.5 Å². The third-order valence-electron chi connectivity index (χ3n) is 2.34. The van der Waals surface area contributed by atoms with E-state index >= 15 is 0 Å². The number of pyridine rings is 1. The Morgan fingerprint density at radius 1 is 1.50 bits per heavy atom. The second kappa shape index (κ2) is 3.51. The van der Waals surface area contributed by atoms with E-state index in [1.54, 1.807) is 0 Å². The zero-order chi connectivity index (χ0) is 10.3. The van der Waals surface area contributed by atoms with Crippen molar-refractivity contribution in [1.29, 1.82) is 0 Å². The molecule has 0 unspecified atom stereocenters. The molecule has 1 aliphatic carbocycles. The average molecular weight is 277 g/mol. The molecule has 0 spiro atoms. The quantitative estimate of drug-likeness (QED) is 0.802. The minimum absolute atomic E-state index is 0.239. The molecule has 0 radical (unpaired) electrons. The molecule has 1 heterocycles. The van der Waals surface area contributed by atoms with Gasteiger partial charge in [0, 0.05) is 5.69 Å². The molecular weight excluding hydrogens is 269 g/mol. The second-order valence-corrected chi connectivity index (χ2v) is 4.33. The summed E-state index contributed by atoms with van der Waals surface area (Å²) in [5.74, 6) is -0.945. The van der Waals surface area contributed by atoms with Gasteiger partial charge in [0.15, 0.2) is 0 Å². The fourth-order valence-corrected chi connectivity index (χ4v) is 2.44. The van der Waals surface area contributed by atoms with Crippen molar-refractivity contribution >= 4 is 33.5 Å². The average Bonchev–Trinajstić information content (AvgIpc) is 2.52. The summed E-state index contributed by atoms with van der Waals surface area (Å²) in [6.45, 7) is 0. The number of nitrogens with zero attached hydrogens (tertiary/aromatic N) is 1. The molecular formula is C9H7BrClNO2. The van der Waals surface area contributed by atoms with Gasteiger partial charge in [0.25, 0.3) is 0 Å². The summed E-state index contributed by atoms with van der Waals surface area (Å²) in [6, 6.07) is 0. The van der Waals surface area contributed by atoms with Crippen molar-refractivity contribution in [3.05, 3.63) is 26.4 Å². The van der Waals surface area contributed by atoms with E-state index in [0.29, 0.717) is 4.47 Å². The maximum absolute atomic E-state index is 11.0. The highest BCUT2D eigenvalue weighted by molar-refractivity contribution is 9.10. The Balaban J connectivity index is 2.72. The highest BCUT2D eigenvalue weighted by Crippen LogP contribution is 2.33. The molecule has 1 aromatic rings. The number of carboxylic acids is 1. The molecule has 74 valence electrons. The number of aromatic nitrogens is 1. The summed E-state index contributed by atoms with van der Waals surface area (Å²) in [7, 11) is 0. The lowest BCUT2D eigenvalue weighted by Gasteiger charge is -2.07. The van der Waals surface area contributed by atoms with Gasteiger partial charge in [0.05, 0.1) is 10.0 Å². The Morgan fingerprint density at radius 2 is 2.21 bits per heavy atom. The smallest absolute Gasteiger partial charge is 0.337 e. The predicted molar refractivity (Wildman–Crippen MR) is 55.9 cm³/mol. The first-order chi connectivity index (χ1) is 6.61. The summed E-state index contributed by atoms with van der Waals surface area (Å²) in [5.41, 5.74) is 1.93. The van der Waals surface area contributed by atoms with Gasteiger partial charge >= 0.3 is 5.97 Å². The van der Waals surface area contributed by atoms with Gasteiger partial charge in [-0.2, -0.15) is 0 Å². The van der Waals surface area contributed by atoms with Gasteiger partial charge in [-0.3, -0.25) is 0 Å². The number of rotatable bonds is 1. The topological polar surface area (TPSA) is 50.2 Å². The number of hydrogen-bond acceptors (Lipinski definition) is 2. The Bertz CT molecular complexity index is 420. The van der Waals surface area contributed by atoms with Gasteiger partial charge < -0.3 is 5.11 Å². The van der Waals surface area contributed by atoms with Gasteiger partial charge in [-0.05, 0) is 40.8 Å². The highest BCUT2D eigenvalue weighted by Gasteiger charge is 2.24. The lowest BCUT2D eigenvalue weighted by atomic mass is 10.1. The Morgan fingerprint density at radius 3 is 2.86 bits per heavy atom. The fraction of sp³-hybridized carbons (Fsp3) is 0.333. The van der Waals surface area contributed by atoms with Crippen molar-refractivity contribution in [2.24, 2.45) is 0 Å². The summed E-state index contributed by atoms with van der Waals surface area (Å²) >= 11 is 8.98. The maximum Gasteiger partial charge on any atom is 0.337 e. The van der Waals surface area contributed by atoms with Gasteiger partial charge in [0.2, 0.25) is 0 Å².